The van der Waals surface area contributed by atoms with Crippen LogP contribution in [0.5, 0.6) is 0 Å². The lowest BCUT2D eigenvalue weighted by Gasteiger charge is -2.11. The van der Waals surface area contributed by atoms with Crippen LogP contribution in [-0.4, -0.2) is 0 Å². The first-order chi connectivity index (χ1) is 18.8. The third-order valence-electron chi connectivity index (χ3n) is 7.80. The molecule has 0 fully saturated rings. The molecule has 0 rings (SSSR count). The molecular weight excluding hydrogens is 456 g/mol. The zero-order chi connectivity index (χ0) is 27.6. The maximum absolute atomic E-state index is 2.49. The van der Waals surface area contributed by atoms with Crippen molar-refractivity contribution < 1.29 is 0 Å². The van der Waals surface area contributed by atoms with Crippen molar-refractivity contribution in [1.29, 1.82) is 0 Å². The van der Waals surface area contributed by atoms with Crippen molar-refractivity contribution in [3.63, 3.8) is 0 Å². The fourth-order valence-electron chi connectivity index (χ4n) is 5.11. The van der Waals surface area contributed by atoms with Crippen molar-refractivity contribution in [2.45, 2.75) is 188 Å². The van der Waals surface area contributed by atoms with Crippen molar-refractivity contribution in [3.8, 4) is 0 Å². The summed E-state index contributed by atoms with van der Waals surface area (Å²) < 4.78 is 0. The Bertz CT molecular complexity index is 486. The first-order valence-electron chi connectivity index (χ1n) is 17.4. The minimum Gasteiger partial charge on any atom is -0.0882 e. The molecule has 38 heavy (non-hydrogen) atoms. The first-order valence-corrected chi connectivity index (χ1v) is 17.4. The van der Waals surface area contributed by atoms with Gasteiger partial charge in [0.1, 0.15) is 0 Å². The highest BCUT2D eigenvalue weighted by Crippen LogP contribution is 2.19. The molecule has 0 heteroatoms. The van der Waals surface area contributed by atoms with Gasteiger partial charge in [-0.25, -0.2) is 0 Å². The fourth-order valence-corrected chi connectivity index (χ4v) is 5.11. The molecule has 0 bridgehead atoms. The Morgan fingerprint density at radius 1 is 0.342 bits per heavy atom. The van der Waals surface area contributed by atoms with E-state index in [2.05, 4.69) is 69.4 Å². The van der Waals surface area contributed by atoms with Crippen LogP contribution in [0.15, 0.2) is 48.6 Å². The lowest BCUT2D eigenvalue weighted by Crippen LogP contribution is -1.95. The number of allylic oxidation sites excluding steroid dienone is 8. The topological polar surface area (TPSA) is 0 Å². The summed E-state index contributed by atoms with van der Waals surface area (Å²) in [5.41, 5.74) is 0. The highest BCUT2D eigenvalue weighted by Gasteiger charge is 2.02. The quantitative estimate of drug-likeness (QED) is 0.0644. The van der Waals surface area contributed by atoms with Gasteiger partial charge in [0.15, 0.2) is 0 Å². The van der Waals surface area contributed by atoms with Crippen molar-refractivity contribution in [2.75, 3.05) is 0 Å². The molecule has 0 unspecified atom stereocenters. The van der Waals surface area contributed by atoms with E-state index in [1.165, 1.54) is 154 Å². The van der Waals surface area contributed by atoms with Crippen LogP contribution in [0.1, 0.15) is 188 Å². The summed E-state index contributed by atoms with van der Waals surface area (Å²) in [5, 5.41) is 0. The molecule has 0 aromatic heterocycles. The SMILES string of the molecule is CCCCCC=CCC=CCCCCCCCCC(C)CCCCCCCCC=CCC=CCCCCC. The van der Waals surface area contributed by atoms with Crippen molar-refractivity contribution >= 4 is 0 Å². The van der Waals surface area contributed by atoms with Crippen LogP contribution in [0, 0.1) is 5.92 Å². The van der Waals surface area contributed by atoms with E-state index in [0.717, 1.165) is 18.8 Å². The van der Waals surface area contributed by atoms with Crippen LogP contribution >= 0.6 is 0 Å². The van der Waals surface area contributed by atoms with Gasteiger partial charge in [0.25, 0.3) is 0 Å². The van der Waals surface area contributed by atoms with E-state index in [0.29, 0.717) is 0 Å². The molecule has 0 spiro atoms. The number of hydrogen-bond donors (Lipinski definition) is 0. The van der Waals surface area contributed by atoms with E-state index < -0.39 is 0 Å². The molecule has 0 atom stereocenters. The van der Waals surface area contributed by atoms with E-state index in [1.54, 1.807) is 0 Å². The zero-order valence-corrected chi connectivity index (χ0v) is 26.6. The van der Waals surface area contributed by atoms with Gasteiger partial charge in [-0.05, 0) is 70.1 Å². The fraction of sp³-hybridized carbons (Fsp3) is 0.789. The normalized spacial score (nSPS) is 13.2. The van der Waals surface area contributed by atoms with E-state index in [1.807, 2.05) is 0 Å². The van der Waals surface area contributed by atoms with Crippen LogP contribution in [0.3, 0.4) is 0 Å². The molecule has 0 N–H and O–H groups in total. The van der Waals surface area contributed by atoms with Crippen LogP contribution in [0.4, 0.5) is 0 Å². The van der Waals surface area contributed by atoms with Gasteiger partial charge in [0.05, 0.1) is 0 Å². The van der Waals surface area contributed by atoms with Gasteiger partial charge in [0, 0.05) is 0 Å². The van der Waals surface area contributed by atoms with Crippen molar-refractivity contribution in [1.82, 2.24) is 0 Å². The first kappa shape index (κ1) is 37.0. The van der Waals surface area contributed by atoms with Gasteiger partial charge < -0.3 is 0 Å². The van der Waals surface area contributed by atoms with Crippen molar-refractivity contribution in [3.05, 3.63) is 48.6 Å². The van der Waals surface area contributed by atoms with E-state index in [4.69, 9.17) is 0 Å². The second kappa shape index (κ2) is 34.0. The molecule has 0 heterocycles. The molecule has 0 saturated heterocycles. The van der Waals surface area contributed by atoms with Gasteiger partial charge in [0.2, 0.25) is 0 Å². The second-order valence-electron chi connectivity index (χ2n) is 11.9. The molecular formula is C38H70. The molecule has 0 aromatic rings. The van der Waals surface area contributed by atoms with Gasteiger partial charge in [-0.2, -0.15) is 0 Å². The number of hydrogen-bond acceptors (Lipinski definition) is 0. The average Bonchev–Trinajstić information content (AvgIpc) is 2.92. The summed E-state index contributed by atoms with van der Waals surface area (Å²) in [4.78, 5) is 0. The number of unbranched alkanes of at least 4 members (excludes halogenated alkanes) is 18. The molecule has 0 aromatic carbocycles. The zero-order valence-electron chi connectivity index (χ0n) is 26.6. The van der Waals surface area contributed by atoms with Gasteiger partial charge in [-0.3, -0.25) is 0 Å². The molecule has 0 nitrogen and oxygen atoms in total. The predicted molar refractivity (Wildman–Crippen MR) is 177 cm³/mol. The summed E-state index contributed by atoms with van der Waals surface area (Å²) in [6, 6.07) is 0. The van der Waals surface area contributed by atoms with Gasteiger partial charge in [-0.15, -0.1) is 0 Å². The second-order valence-corrected chi connectivity index (χ2v) is 11.9. The molecule has 0 aliphatic heterocycles. The minimum absolute atomic E-state index is 0.937. The summed E-state index contributed by atoms with van der Waals surface area (Å²) in [7, 11) is 0. The number of rotatable bonds is 30. The minimum atomic E-state index is 0.937. The largest absolute Gasteiger partial charge is 0.0882 e. The summed E-state index contributed by atoms with van der Waals surface area (Å²) in [6.45, 7) is 7.03. The van der Waals surface area contributed by atoms with Crippen LogP contribution in [0.25, 0.3) is 0 Å². The molecule has 0 amide bonds. The molecule has 0 aliphatic rings. The Morgan fingerprint density at radius 2 is 0.632 bits per heavy atom. The van der Waals surface area contributed by atoms with E-state index in [9.17, 15) is 0 Å². The Balaban J connectivity index is 3.29. The van der Waals surface area contributed by atoms with Crippen molar-refractivity contribution in [2.24, 2.45) is 5.92 Å². The van der Waals surface area contributed by atoms with Crippen LogP contribution < -0.4 is 0 Å². The Kier molecular flexibility index (Phi) is 33.1. The highest BCUT2D eigenvalue weighted by atomic mass is 14.1. The lowest BCUT2D eigenvalue weighted by atomic mass is 9.96. The van der Waals surface area contributed by atoms with Gasteiger partial charge >= 0.3 is 0 Å². The Labute approximate surface area is 241 Å². The summed E-state index contributed by atoms with van der Waals surface area (Å²) >= 11 is 0. The third kappa shape index (κ3) is 33.0. The molecule has 222 valence electrons. The smallest absolute Gasteiger partial charge is 0.0169 e. The maximum atomic E-state index is 2.49. The standard InChI is InChI=1S/C38H70/c1-4-6-8-10-12-14-16-18-20-22-24-26-28-30-32-34-36-38(3)37-35-33-31-29-27-25-23-21-19-17-15-13-11-9-7-5-2/h12-15,18-21,38H,4-11,16-17,22-37H2,1-3H3. The van der Waals surface area contributed by atoms with E-state index in [-0.39, 0.29) is 0 Å². The van der Waals surface area contributed by atoms with E-state index >= 15 is 0 Å². The van der Waals surface area contributed by atoms with Gasteiger partial charge in [-0.1, -0.05) is 172 Å². The molecule has 0 saturated carbocycles. The third-order valence-corrected chi connectivity index (χ3v) is 7.80. The average molecular weight is 527 g/mol. The lowest BCUT2D eigenvalue weighted by molar-refractivity contribution is 0.431. The highest BCUT2D eigenvalue weighted by molar-refractivity contribution is 4.93. The Hall–Kier alpha value is -1.04. The predicted octanol–water partition coefficient (Wildman–Crippen LogP) is 14.0. The summed E-state index contributed by atoms with van der Waals surface area (Å²) in [6.07, 6.45) is 54.4. The molecule has 0 radical (unpaired) electrons. The maximum Gasteiger partial charge on any atom is -0.0169 e. The van der Waals surface area contributed by atoms with Crippen LogP contribution in [-0.2, 0) is 0 Å². The monoisotopic (exact) mass is 527 g/mol. The molecule has 0 aliphatic carbocycles. The van der Waals surface area contributed by atoms with Crippen LogP contribution in [0.2, 0.25) is 0 Å². The summed E-state index contributed by atoms with van der Waals surface area (Å²) in [5.74, 6) is 0.937. The Morgan fingerprint density at radius 3 is 0.974 bits per heavy atom.